The van der Waals surface area contributed by atoms with Crippen molar-refractivity contribution in [3.63, 3.8) is 0 Å². The maximum absolute atomic E-state index is 12.7. The third-order valence-corrected chi connectivity index (χ3v) is 1.92. The van der Waals surface area contributed by atoms with Crippen LogP contribution >= 0.6 is 0 Å². The third kappa shape index (κ3) is 1.75. The number of benzene rings is 1. The van der Waals surface area contributed by atoms with E-state index in [0.29, 0.717) is 0 Å². The van der Waals surface area contributed by atoms with Crippen molar-refractivity contribution in [2.24, 2.45) is 0 Å². The molecular weight excluding hydrogens is 228 g/mol. The first kappa shape index (κ1) is 10.6. The lowest BCUT2D eigenvalue weighted by molar-refractivity contribution is -0.142. The van der Waals surface area contributed by atoms with Gasteiger partial charge in [-0.15, -0.1) is 0 Å². The number of aromatic nitrogens is 2. The van der Waals surface area contributed by atoms with Crippen LogP contribution in [0.1, 0.15) is 5.69 Å². The molecule has 1 aromatic carbocycles. The van der Waals surface area contributed by atoms with Crippen LogP contribution in [0.25, 0.3) is 11.0 Å². The lowest BCUT2D eigenvalue weighted by Gasteiger charge is -2.05. The number of halogens is 4. The smallest absolute Gasteiger partial charge is 0.319 e. The van der Waals surface area contributed by atoms with Gasteiger partial charge in [0.15, 0.2) is 0 Å². The second kappa shape index (κ2) is 3.29. The molecule has 0 unspecified atom stereocenters. The van der Waals surface area contributed by atoms with E-state index >= 15 is 0 Å². The summed E-state index contributed by atoms with van der Waals surface area (Å²) in [6, 6.07) is 2.94. The second-order valence-corrected chi connectivity index (χ2v) is 3.07. The van der Waals surface area contributed by atoms with Gasteiger partial charge in [-0.2, -0.15) is 13.2 Å². The summed E-state index contributed by atoms with van der Waals surface area (Å²) in [5, 5.41) is 0. The van der Waals surface area contributed by atoms with E-state index in [9.17, 15) is 22.4 Å². The number of nitrogens with one attached hydrogen (secondary N) is 1. The Labute approximate surface area is 85.7 Å². The SMILES string of the molecule is O=c1[nH]c2cc(F)ccc2nc1C(F)(F)F. The fourth-order valence-electron chi connectivity index (χ4n) is 1.25. The Hall–Kier alpha value is -1.92. The maximum Gasteiger partial charge on any atom is 0.438 e. The van der Waals surface area contributed by atoms with Gasteiger partial charge in [-0.1, -0.05) is 0 Å². The van der Waals surface area contributed by atoms with E-state index in [1.54, 1.807) is 0 Å². The second-order valence-electron chi connectivity index (χ2n) is 3.07. The molecule has 0 spiro atoms. The first-order valence-electron chi connectivity index (χ1n) is 4.15. The van der Waals surface area contributed by atoms with Crippen LogP contribution in [0.4, 0.5) is 17.6 Å². The minimum absolute atomic E-state index is 0.0713. The van der Waals surface area contributed by atoms with Crippen LogP contribution in [-0.2, 0) is 6.18 Å². The Kier molecular flexibility index (Phi) is 2.18. The van der Waals surface area contributed by atoms with Crippen molar-refractivity contribution in [1.82, 2.24) is 9.97 Å². The third-order valence-electron chi connectivity index (χ3n) is 1.92. The number of rotatable bonds is 0. The van der Waals surface area contributed by atoms with E-state index in [1.165, 1.54) is 0 Å². The van der Waals surface area contributed by atoms with E-state index in [2.05, 4.69) is 4.98 Å². The Morgan fingerprint density at radius 2 is 1.94 bits per heavy atom. The Morgan fingerprint density at radius 1 is 1.25 bits per heavy atom. The largest absolute Gasteiger partial charge is 0.438 e. The number of nitrogens with zero attached hydrogens (tertiary/aromatic N) is 1. The van der Waals surface area contributed by atoms with Gasteiger partial charge in [0.05, 0.1) is 11.0 Å². The van der Waals surface area contributed by atoms with Crippen LogP contribution in [0.3, 0.4) is 0 Å². The molecule has 1 N–H and O–H groups in total. The maximum atomic E-state index is 12.7. The molecule has 1 aromatic heterocycles. The van der Waals surface area contributed by atoms with Crippen molar-refractivity contribution >= 4 is 11.0 Å². The molecule has 0 atom stereocenters. The van der Waals surface area contributed by atoms with Gasteiger partial charge >= 0.3 is 6.18 Å². The van der Waals surface area contributed by atoms with E-state index in [4.69, 9.17) is 0 Å². The lowest BCUT2D eigenvalue weighted by Crippen LogP contribution is -2.23. The van der Waals surface area contributed by atoms with Crippen LogP contribution in [-0.4, -0.2) is 9.97 Å². The quantitative estimate of drug-likeness (QED) is 0.707. The van der Waals surface area contributed by atoms with Crippen molar-refractivity contribution in [1.29, 1.82) is 0 Å². The molecule has 7 heteroatoms. The van der Waals surface area contributed by atoms with Gasteiger partial charge in [-0.25, -0.2) is 9.37 Å². The highest BCUT2D eigenvalue weighted by Gasteiger charge is 2.36. The molecule has 0 aliphatic carbocycles. The average Bonchev–Trinajstić information content (AvgIpc) is 2.14. The number of alkyl halides is 3. The van der Waals surface area contributed by atoms with Crippen molar-refractivity contribution < 1.29 is 17.6 Å². The summed E-state index contributed by atoms with van der Waals surface area (Å²) in [4.78, 5) is 16.1. The van der Waals surface area contributed by atoms with E-state index < -0.39 is 23.2 Å². The van der Waals surface area contributed by atoms with Gasteiger partial charge in [-0.05, 0) is 18.2 Å². The highest BCUT2D eigenvalue weighted by atomic mass is 19.4. The predicted molar refractivity (Wildman–Crippen MR) is 47.3 cm³/mol. The number of H-pyrrole nitrogens is 1. The molecule has 0 aliphatic heterocycles. The summed E-state index contributed by atoms with van der Waals surface area (Å²) < 4.78 is 49.6. The molecule has 0 saturated carbocycles. The number of hydrogen-bond donors (Lipinski definition) is 1. The molecule has 0 saturated heterocycles. The lowest BCUT2D eigenvalue weighted by atomic mass is 10.3. The van der Waals surface area contributed by atoms with Gasteiger partial charge in [0.2, 0.25) is 5.69 Å². The van der Waals surface area contributed by atoms with Gasteiger partial charge in [0.1, 0.15) is 5.82 Å². The molecule has 0 radical (unpaired) electrons. The molecule has 2 aromatic rings. The van der Waals surface area contributed by atoms with Gasteiger partial charge < -0.3 is 4.98 Å². The molecule has 2 rings (SSSR count). The van der Waals surface area contributed by atoms with Crippen molar-refractivity contribution in [2.45, 2.75) is 6.18 Å². The predicted octanol–water partition coefficient (Wildman–Crippen LogP) is 2.08. The fraction of sp³-hybridized carbons (Fsp3) is 0.111. The number of fused-ring (bicyclic) bond motifs is 1. The number of hydrogen-bond acceptors (Lipinski definition) is 2. The Balaban J connectivity index is 2.78. The van der Waals surface area contributed by atoms with E-state index in [1.807, 2.05) is 4.98 Å². The van der Waals surface area contributed by atoms with Crippen molar-refractivity contribution in [2.75, 3.05) is 0 Å². The van der Waals surface area contributed by atoms with Crippen LogP contribution in [0.5, 0.6) is 0 Å². The molecule has 0 aliphatic rings. The molecule has 1 heterocycles. The zero-order valence-electron chi connectivity index (χ0n) is 7.60. The van der Waals surface area contributed by atoms with Gasteiger partial charge in [0.25, 0.3) is 5.56 Å². The summed E-state index contributed by atoms with van der Waals surface area (Å²) >= 11 is 0. The molecule has 0 bridgehead atoms. The highest BCUT2D eigenvalue weighted by Crippen LogP contribution is 2.25. The molecule has 0 amide bonds. The van der Waals surface area contributed by atoms with Crippen molar-refractivity contribution in [3.05, 3.63) is 40.1 Å². The van der Waals surface area contributed by atoms with Crippen LogP contribution in [0.15, 0.2) is 23.0 Å². The minimum atomic E-state index is -4.82. The summed E-state index contributed by atoms with van der Waals surface area (Å²) in [5.41, 5.74) is -3.11. The summed E-state index contributed by atoms with van der Waals surface area (Å²) in [5.74, 6) is -0.662. The highest BCUT2D eigenvalue weighted by molar-refractivity contribution is 5.73. The summed E-state index contributed by atoms with van der Waals surface area (Å²) in [6.07, 6.45) is -4.82. The zero-order chi connectivity index (χ0) is 11.9. The Morgan fingerprint density at radius 3 is 2.56 bits per heavy atom. The standard InChI is InChI=1S/C9H4F4N2O/c10-4-1-2-5-6(3-4)15-8(16)7(14-5)9(11,12)13/h1-3H,(H,15,16). The van der Waals surface area contributed by atoms with Gasteiger partial charge in [-0.3, -0.25) is 4.79 Å². The molecule has 84 valence electrons. The molecular formula is C9H4F4N2O. The fourth-order valence-corrected chi connectivity index (χ4v) is 1.25. The monoisotopic (exact) mass is 232 g/mol. The van der Waals surface area contributed by atoms with E-state index in [0.717, 1.165) is 18.2 Å². The number of aromatic amines is 1. The average molecular weight is 232 g/mol. The molecule has 3 nitrogen and oxygen atoms in total. The first-order chi connectivity index (χ1) is 7.38. The van der Waals surface area contributed by atoms with Crippen LogP contribution in [0.2, 0.25) is 0 Å². The van der Waals surface area contributed by atoms with E-state index in [-0.39, 0.29) is 11.0 Å². The summed E-state index contributed by atoms with van der Waals surface area (Å²) in [7, 11) is 0. The van der Waals surface area contributed by atoms with Crippen molar-refractivity contribution in [3.8, 4) is 0 Å². The molecule has 0 fully saturated rings. The first-order valence-corrected chi connectivity index (χ1v) is 4.15. The zero-order valence-corrected chi connectivity index (χ0v) is 7.60. The normalized spacial score (nSPS) is 12.0. The molecule has 16 heavy (non-hydrogen) atoms. The van der Waals surface area contributed by atoms with Gasteiger partial charge in [0, 0.05) is 0 Å². The van der Waals surface area contributed by atoms with Crippen LogP contribution < -0.4 is 5.56 Å². The summed E-state index contributed by atoms with van der Waals surface area (Å²) in [6.45, 7) is 0. The topological polar surface area (TPSA) is 45.8 Å². The minimum Gasteiger partial charge on any atom is -0.319 e. The Bertz CT molecular complexity index is 602. The van der Waals surface area contributed by atoms with Crippen LogP contribution in [0, 0.1) is 5.82 Å².